The maximum absolute atomic E-state index is 12.8. The van der Waals surface area contributed by atoms with Crippen molar-refractivity contribution < 1.29 is 19.1 Å². The minimum Gasteiger partial charge on any atom is -0.466 e. The van der Waals surface area contributed by atoms with Gasteiger partial charge in [0.25, 0.3) is 5.91 Å². The predicted octanol–water partition coefficient (Wildman–Crippen LogP) is 2.52. The van der Waals surface area contributed by atoms with Gasteiger partial charge in [0.15, 0.2) is 0 Å². The molecule has 1 fully saturated rings. The van der Waals surface area contributed by atoms with Crippen LogP contribution in [0.3, 0.4) is 0 Å². The summed E-state index contributed by atoms with van der Waals surface area (Å²) >= 11 is 1.42. The minimum atomic E-state index is -0.181. The van der Waals surface area contributed by atoms with Crippen molar-refractivity contribution in [1.29, 1.82) is 0 Å². The number of esters is 1. The van der Waals surface area contributed by atoms with Gasteiger partial charge in [-0.3, -0.25) is 14.4 Å². The molecule has 8 heteroatoms. The van der Waals surface area contributed by atoms with Crippen molar-refractivity contribution >= 4 is 29.1 Å². The molecule has 0 bridgehead atoms. The third-order valence-electron chi connectivity index (χ3n) is 4.80. The van der Waals surface area contributed by atoms with Crippen LogP contribution in [0.1, 0.15) is 54.0 Å². The van der Waals surface area contributed by atoms with Crippen molar-refractivity contribution in [3.05, 3.63) is 15.6 Å². The molecule has 0 saturated carbocycles. The Kier molecular flexibility index (Phi) is 7.98. The fraction of sp³-hybridized carbons (Fsp3) is 0.700. The number of aryl methyl sites for hydroxylation is 1. The van der Waals surface area contributed by atoms with Gasteiger partial charge in [-0.1, -0.05) is 13.8 Å². The molecule has 0 atom stereocenters. The maximum Gasteiger partial charge on any atom is 0.309 e. The van der Waals surface area contributed by atoms with Gasteiger partial charge in [0, 0.05) is 26.6 Å². The molecule has 2 amide bonds. The fourth-order valence-corrected chi connectivity index (χ4v) is 4.53. The van der Waals surface area contributed by atoms with Crippen LogP contribution in [-0.4, -0.2) is 65.9 Å². The van der Waals surface area contributed by atoms with Crippen LogP contribution in [0.5, 0.6) is 0 Å². The van der Waals surface area contributed by atoms with E-state index in [1.807, 2.05) is 6.92 Å². The third-order valence-corrected chi connectivity index (χ3v) is 5.97. The van der Waals surface area contributed by atoms with E-state index in [9.17, 15) is 14.4 Å². The number of thiazole rings is 1. The highest BCUT2D eigenvalue weighted by Crippen LogP contribution is 2.23. The summed E-state index contributed by atoms with van der Waals surface area (Å²) in [7, 11) is 1.65. The second-order valence-electron chi connectivity index (χ2n) is 7.69. The van der Waals surface area contributed by atoms with Gasteiger partial charge < -0.3 is 14.5 Å². The van der Waals surface area contributed by atoms with Crippen molar-refractivity contribution in [2.45, 2.75) is 47.0 Å². The van der Waals surface area contributed by atoms with Crippen molar-refractivity contribution in [1.82, 2.24) is 14.8 Å². The zero-order valence-electron chi connectivity index (χ0n) is 17.5. The lowest BCUT2D eigenvalue weighted by molar-refractivity contribution is -0.151. The number of amides is 2. The molecule has 0 aliphatic carbocycles. The van der Waals surface area contributed by atoms with E-state index in [0.717, 1.165) is 17.1 Å². The van der Waals surface area contributed by atoms with Gasteiger partial charge in [0.2, 0.25) is 5.91 Å². The first kappa shape index (κ1) is 22.3. The van der Waals surface area contributed by atoms with E-state index >= 15 is 0 Å². The highest BCUT2D eigenvalue weighted by Gasteiger charge is 2.29. The molecule has 28 heavy (non-hydrogen) atoms. The molecule has 1 aliphatic rings. The second-order valence-corrected chi connectivity index (χ2v) is 8.77. The van der Waals surface area contributed by atoms with Crippen LogP contribution in [0.15, 0.2) is 0 Å². The van der Waals surface area contributed by atoms with Crippen LogP contribution >= 0.6 is 11.3 Å². The van der Waals surface area contributed by atoms with Gasteiger partial charge in [0.1, 0.15) is 4.88 Å². The van der Waals surface area contributed by atoms with Crippen molar-refractivity contribution in [2.75, 3.05) is 33.3 Å². The molecule has 0 unspecified atom stereocenters. The molecule has 1 aromatic rings. The zero-order valence-corrected chi connectivity index (χ0v) is 18.3. The largest absolute Gasteiger partial charge is 0.466 e. The predicted molar refractivity (Wildman–Crippen MR) is 108 cm³/mol. The lowest BCUT2D eigenvalue weighted by Crippen LogP contribution is -2.45. The Morgan fingerprint density at radius 3 is 2.50 bits per heavy atom. The molecule has 0 spiro atoms. The molecule has 1 saturated heterocycles. The Labute approximate surface area is 171 Å². The average molecular weight is 410 g/mol. The lowest BCUT2D eigenvalue weighted by atomic mass is 9.97. The molecule has 1 aliphatic heterocycles. The standard InChI is InChI=1S/C20H31N3O4S/c1-6-27-20(26)15-7-9-23(10-8-15)17(24)12-22(5)19(25)18-14(4)21-16(28-18)11-13(2)3/h13,15H,6-12H2,1-5H3. The number of likely N-dealkylation sites (tertiary alicyclic amines) is 1. The first-order valence-corrected chi connectivity index (χ1v) is 10.7. The lowest BCUT2D eigenvalue weighted by Gasteiger charge is -2.32. The Morgan fingerprint density at radius 2 is 1.93 bits per heavy atom. The Morgan fingerprint density at radius 1 is 1.29 bits per heavy atom. The van der Waals surface area contributed by atoms with E-state index in [-0.39, 0.29) is 30.2 Å². The number of piperidine rings is 1. The summed E-state index contributed by atoms with van der Waals surface area (Å²) in [5, 5.41) is 0.955. The van der Waals surface area contributed by atoms with E-state index in [1.54, 1.807) is 18.9 Å². The number of ether oxygens (including phenoxy) is 1. The van der Waals surface area contributed by atoms with Crippen LogP contribution < -0.4 is 0 Å². The maximum atomic E-state index is 12.8. The summed E-state index contributed by atoms with van der Waals surface area (Å²) in [5.74, 6) is -0.102. The van der Waals surface area contributed by atoms with E-state index in [2.05, 4.69) is 18.8 Å². The molecular formula is C20H31N3O4S. The number of carbonyl (C=O) groups is 3. The number of hydrogen-bond acceptors (Lipinski definition) is 6. The zero-order chi connectivity index (χ0) is 20.8. The Hall–Kier alpha value is -1.96. The quantitative estimate of drug-likeness (QED) is 0.647. The number of aromatic nitrogens is 1. The number of likely N-dealkylation sites (N-methyl/N-ethyl adjacent to an activating group) is 1. The Bertz CT molecular complexity index is 708. The molecule has 1 aromatic heterocycles. The van der Waals surface area contributed by atoms with Crippen LogP contribution in [0.4, 0.5) is 0 Å². The van der Waals surface area contributed by atoms with E-state index in [4.69, 9.17) is 4.74 Å². The number of nitrogens with zero attached hydrogens (tertiary/aromatic N) is 3. The van der Waals surface area contributed by atoms with Gasteiger partial charge in [-0.05, 0) is 32.6 Å². The molecule has 2 heterocycles. The highest BCUT2D eigenvalue weighted by molar-refractivity contribution is 7.13. The first-order chi connectivity index (χ1) is 13.2. The van der Waals surface area contributed by atoms with E-state index < -0.39 is 0 Å². The molecule has 2 rings (SSSR count). The molecule has 156 valence electrons. The second kappa shape index (κ2) is 10.0. The van der Waals surface area contributed by atoms with Crippen molar-refractivity contribution in [2.24, 2.45) is 11.8 Å². The van der Waals surface area contributed by atoms with Gasteiger partial charge in [-0.2, -0.15) is 0 Å². The molecular weight excluding hydrogens is 378 g/mol. The van der Waals surface area contributed by atoms with Crippen LogP contribution in [0, 0.1) is 18.8 Å². The fourth-order valence-electron chi connectivity index (χ4n) is 3.26. The molecule has 7 nitrogen and oxygen atoms in total. The highest BCUT2D eigenvalue weighted by atomic mass is 32.1. The van der Waals surface area contributed by atoms with Gasteiger partial charge in [-0.15, -0.1) is 11.3 Å². The SMILES string of the molecule is CCOC(=O)C1CCN(C(=O)CN(C)C(=O)c2sc(CC(C)C)nc2C)CC1. The van der Waals surface area contributed by atoms with Gasteiger partial charge >= 0.3 is 5.97 Å². The normalized spacial score (nSPS) is 15.0. The van der Waals surface area contributed by atoms with Crippen LogP contribution in [-0.2, 0) is 20.7 Å². The Balaban J connectivity index is 1.89. The summed E-state index contributed by atoms with van der Waals surface area (Å²) in [6.07, 6.45) is 2.06. The van der Waals surface area contributed by atoms with E-state index in [0.29, 0.717) is 43.3 Å². The summed E-state index contributed by atoms with van der Waals surface area (Å²) in [4.78, 5) is 45.4. The van der Waals surface area contributed by atoms with Crippen LogP contribution in [0.25, 0.3) is 0 Å². The monoisotopic (exact) mass is 409 g/mol. The summed E-state index contributed by atoms with van der Waals surface area (Å²) in [6, 6.07) is 0. The van der Waals surface area contributed by atoms with Crippen molar-refractivity contribution in [3.63, 3.8) is 0 Å². The molecule has 0 aromatic carbocycles. The average Bonchev–Trinajstić information content (AvgIpc) is 3.00. The number of rotatable bonds is 7. The van der Waals surface area contributed by atoms with E-state index in [1.165, 1.54) is 16.2 Å². The molecule has 0 radical (unpaired) electrons. The first-order valence-electron chi connectivity index (χ1n) is 9.89. The summed E-state index contributed by atoms with van der Waals surface area (Å²) in [6.45, 7) is 9.30. The third kappa shape index (κ3) is 5.77. The minimum absolute atomic E-state index is 0.0275. The number of carbonyl (C=O) groups excluding carboxylic acids is 3. The summed E-state index contributed by atoms with van der Waals surface area (Å²) < 4.78 is 5.06. The number of hydrogen-bond donors (Lipinski definition) is 0. The van der Waals surface area contributed by atoms with Crippen LogP contribution in [0.2, 0.25) is 0 Å². The van der Waals surface area contributed by atoms with Crippen molar-refractivity contribution in [3.8, 4) is 0 Å². The van der Waals surface area contributed by atoms with Gasteiger partial charge in [0.05, 0.1) is 29.8 Å². The smallest absolute Gasteiger partial charge is 0.309 e. The van der Waals surface area contributed by atoms with Gasteiger partial charge in [-0.25, -0.2) is 4.98 Å². The summed E-state index contributed by atoms with van der Waals surface area (Å²) in [5.41, 5.74) is 0.722. The molecule has 0 N–H and O–H groups in total. The topological polar surface area (TPSA) is 79.8 Å².